The largest absolute Gasteiger partial charge is 0.376 e. The Labute approximate surface area is 101 Å². The van der Waals surface area contributed by atoms with E-state index in [2.05, 4.69) is 0 Å². The number of rotatable bonds is 2. The maximum Gasteiger partial charge on any atom is 0.184 e. The molecule has 0 saturated carbocycles. The van der Waals surface area contributed by atoms with Gasteiger partial charge in [0.15, 0.2) is 12.1 Å². The van der Waals surface area contributed by atoms with E-state index in [9.17, 15) is 5.11 Å². The molecule has 0 aromatic heterocycles. The van der Waals surface area contributed by atoms with Crippen LogP contribution >= 0.6 is 0 Å². The number of fused-ring (bicyclic) bond motifs is 1. The van der Waals surface area contributed by atoms with Crippen LogP contribution < -0.4 is 0 Å². The third kappa shape index (κ3) is 2.47. The molecule has 6 nitrogen and oxygen atoms in total. The summed E-state index contributed by atoms with van der Waals surface area (Å²) in [5.74, 6) is -0.679. The highest BCUT2D eigenvalue weighted by Gasteiger charge is 2.51. The molecule has 0 aliphatic carbocycles. The van der Waals surface area contributed by atoms with Crippen molar-refractivity contribution in [3.05, 3.63) is 0 Å². The van der Waals surface area contributed by atoms with E-state index < -0.39 is 18.2 Å². The molecule has 2 aliphatic heterocycles. The van der Waals surface area contributed by atoms with Crippen LogP contribution in [0.25, 0.3) is 0 Å². The predicted molar refractivity (Wildman–Crippen MR) is 57.4 cm³/mol. The van der Waals surface area contributed by atoms with Crippen LogP contribution in [0.4, 0.5) is 0 Å². The van der Waals surface area contributed by atoms with Crippen molar-refractivity contribution in [3.8, 4) is 0 Å². The summed E-state index contributed by atoms with van der Waals surface area (Å²) in [5.41, 5.74) is 0. The molecule has 1 unspecified atom stereocenters. The molecule has 2 heterocycles. The second kappa shape index (κ2) is 4.79. The summed E-state index contributed by atoms with van der Waals surface area (Å²) in [4.78, 5) is 0. The van der Waals surface area contributed by atoms with Crippen LogP contribution in [0.15, 0.2) is 0 Å². The highest BCUT2D eigenvalue weighted by atomic mass is 16.8. The summed E-state index contributed by atoms with van der Waals surface area (Å²) < 4.78 is 27.3. The van der Waals surface area contributed by atoms with Crippen molar-refractivity contribution in [1.29, 1.82) is 0 Å². The van der Waals surface area contributed by atoms with E-state index in [1.54, 1.807) is 7.11 Å². The third-order valence-electron chi connectivity index (χ3n) is 3.17. The highest BCUT2D eigenvalue weighted by Crippen LogP contribution is 2.33. The first-order valence-corrected chi connectivity index (χ1v) is 5.69. The predicted octanol–water partition coefficient (Wildman–Crippen LogP) is -0.115. The van der Waals surface area contributed by atoms with E-state index in [4.69, 9.17) is 23.7 Å². The van der Waals surface area contributed by atoms with Crippen molar-refractivity contribution in [3.63, 3.8) is 0 Å². The normalized spacial score (nSPS) is 45.4. The van der Waals surface area contributed by atoms with Crippen LogP contribution in [-0.4, -0.2) is 62.4 Å². The lowest BCUT2D eigenvalue weighted by atomic mass is 9.97. The van der Waals surface area contributed by atoms with Gasteiger partial charge < -0.3 is 28.8 Å². The Bertz CT molecular complexity index is 269. The van der Waals surface area contributed by atoms with Crippen molar-refractivity contribution in [2.45, 2.75) is 50.3 Å². The molecule has 0 bridgehead atoms. The molecule has 2 rings (SSSR count). The number of aliphatic hydroxyl groups excluding tert-OH is 1. The number of hydrogen-bond donors (Lipinski definition) is 1. The molecule has 0 spiro atoms. The van der Waals surface area contributed by atoms with Crippen LogP contribution in [0.2, 0.25) is 0 Å². The smallest absolute Gasteiger partial charge is 0.184 e. The summed E-state index contributed by atoms with van der Waals surface area (Å²) in [6.07, 6.45) is -2.61. The Kier molecular flexibility index (Phi) is 3.72. The lowest BCUT2D eigenvalue weighted by Crippen LogP contribution is -2.65. The van der Waals surface area contributed by atoms with Gasteiger partial charge in [-0.15, -0.1) is 0 Å². The zero-order valence-corrected chi connectivity index (χ0v) is 10.6. The average molecular weight is 248 g/mol. The van der Waals surface area contributed by atoms with Gasteiger partial charge in [0.1, 0.15) is 24.4 Å². The number of hydrogen-bond acceptors (Lipinski definition) is 6. The topological polar surface area (TPSA) is 66.4 Å². The van der Waals surface area contributed by atoms with Crippen LogP contribution in [-0.2, 0) is 23.7 Å². The summed E-state index contributed by atoms with van der Waals surface area (Å²) in [6.45, 7) is 4.04. The zero-order valence-electron chi connectivity index (χ0n) is 10.6. The van der Waals surface area contributed by atoms with Gasteiger partial charge in [-0.05, 0) is 13.8 Å². The van der Waals surface area contributed by atoms with Gasteiger partial charge in [0.2, 0.25) is 0 Å². The highest BCUT2D eigenvalue weighted by molar-refractivity contribution is 4.94. The van der Waals surface area contributed by atoms with Gasteiger partial charge in [-0.25, -0.2) is 0 Å². The Hall–Kier alpha value is -0.240. The molecule has 0 aromatic rings. The Morgan fingerprint density at radius 3 is 2.41 bits per heavy atom. The molecule has 1 N–H and O–H groups in total. The van der Waals surface area contributed by atoms with Crippen molar-refractivity contribution >= 4 is 0 Å². The maximum atomic E-state index is 9.80. The standard InChI is InChI=1S/C11H20O6/c1-11(2)15-5-6-7(17-11)8(13-3)9(14-4)10(12)16-6/h6-10,12H,5H2,1-4H3/t6-,7-,8+,9-,10?/m1/s1. The Morgan fingerprint density at radius 2 is 1.82 bits per heavy atom. The van der Waals surface area contributed by atoms with Gasteiger partial charge >= 0.3 is 0 Å². The maximum absolute atomic E-state index is 9.80. The van der Waals surface area contributed by atoms with Crippen LogP contribution in [0, 0.1) is 0 Å². The minimum absolute atomic E-state index is 0.308. The number of methoxy groups -OCH3 is 2. The van der Waals surface area contributed by atoms with Gasteiger partial charge in [-0.1, -0.05) is 0 Å². The van der Waals surface area contributed by atoms with Crippen molar-refractivity contribution in [1.82, 2.24) is 0 Å². The Morgan fingerprint density at radius 1 is 1.18 bits per heavy atom. The zero-order chi connectivity index (χ0) is 12.6. The van der Waals surface area contributed by atoms with E-state index in [-0.39, 0.29) is 18.3 Å². The first-order valence-electron chi connectivity index (χ1n) is 5.69. The van der Waals surface area contributed by atoms with E-state index in [1.165, 1.54) is 7.11 Å². The molecule has 17 heavy (non-hydrogen) atoms. The minimum atomic E-state index is -1.03. The molecule has 2 saturated heterocycles. The monoisotopic (exact) mass is 248 g/mol. The lowest BCUT2D eigenvalue weighted by molar-refractivity contribution is -0.381. The van der Waals surface area contributed by atoms with Gasteiger partial charge in [-0.2, -0.15) is 0 Å². The van der Waals surface area contributed by atoms with Crippen molar-refractivity contribution in [2.24, 2.45) is 0 Å². The van der Waals surface area contributed by atoms with Gasteiger partial charge in [0.25, 0.3) is 0 Å². The molecule has 2 aliphatic rings. The van der Waals surface area contributed by atoms with E-state index >= 15 is 0 Å². The fourth-order valence-electron chi connectivity index (χ4n) is 2.34. The summed E-state index contributed by atoms with van der Waals surface area (Å²) in [5, 5.41) is 9.80. The fourth-order valence-corrected chi connectivity index (χ4v) is 2.34. The molecule has 100 valence electrons. The summed E-state index contributed by atoms with van der Waals surface area (Å²) in [7, 11) is 3.08. The van der Waals surface area contributed by atoms with Crippen LogP contribution in [0.5, 0.6) is 0 Å². The number of aliphatic hydroxyl groups is 1. The first kappa shape index (κ1) is 13.2. The van der Waals surface area contributed by atoms with Crippen molar-refractivity contribution < 1.29 is 28.8 Å². The lowest BCUT2D eigenvalue weighted by Gasteiger charge is -2.49. The average Bonchev–Trinajstić information content (AvgIpc) is 2.27. The fraction of sp³-hybridized carbons (Fsp3) is 1.00. The molecule has 2 fully saturated rings. The second-order valence-electron chi connectivity index (χ2n) is 4.76. The minimum Gasteiger partial charge on any atom is -0.376 e. The molecule has 5 atom stereocenters. The summed E-state index contributed by atoms with van der Waals surface area (Å²) >= 11 is 0. The molecular weight excluding hydrogens is 228 g/mol. The van der Waals surface area contributed by atoms with Gasteiger partial charge in [0, 0.05) is 14.2 Å². The van der Waals surface area contributed by atoms with Crippen LogP contribution in [0.1, 0.15) is 13.8 Å². The summed E-state index contributed by atoms with van der Waals surface area (Å²) in [6, 6.07) is 0. The van der Waals surface area contributed by atoms with E-state index in [0.717, 1.165) is 0 Å². The second-order valence-corrected chi connectivity index (χ2v) is 4.76. The van der Waals surface area contributed by atoms with Gasteiger partial charge in [-0.3, -0.25) is 0 Å². The molecule has 0 radical (unpaired) electrons. The van der Waals surface area contributed by atoms with Gasteiger partial charge in [0.05, 0.1) is 6.61 Å². The van der Waals surface area contributed by atoms with Crippen molar-refractivity contribution in [2.75, 3.05) is 20.8 Å². The number of ether oxygens (including phenoxy) is 5. The van der Waals surface area contributed by atoms with E-state index in [0.29, 0.717) is 6.61 Å². The van der Waals surface area contributed by atoms with E-state index in [1.807, 2.05) is 13.8 Å². The Balaban J connectivity index is 2.17. The third-order valence-corrected chi connectivity index (χ3v) is 3.17. The SMILES string of the molecule is CO[C@H]1[C@@H]2OC(C)(C)OC[C@H]2OC(O)[C@@H]1OC. The molecule has 0 amide bonds. The molecular formula is C11H20O6. The van der Waals surface area contributed by atoms with Crippen LogP contribution in [0.3, 0.4) is 0 Å². The quantitative estimate of drug-likeness (QED) is 0.735. The molecule has 0 aromatic carbocycles. The molecule has 6 heteroatoms. The first-order chi connectivity index (χ1) is 7.98.